The van der Waals surface area contributed by atoms with Crippen LogP contribution in [0, 0.1) is 11.3 Å². The number of nitrogens with one attached hydrogen (secondary N) is 1. The predicted octanol–water partition coefficient (Wildman–Crippen LogP) is 4.25. The lowest BCUT2D eigenvalue weighted by molar-refractivity contribution is 0.122. The molecule has 6 nitrogen and oxygen atoms in total. The lowest BCUT2D eigenvalue weighted by Gasteiger charge is -2.28. The van der Waals surface area contributed by atoms with Crippen molar-refractivity contribution in [3.63, 3.8) is 0 Å². The van der Waals surface area contributed by atoms with Crippen LogP contribution >= 0.6 is 11.6 Å². The van der Waals surface area contributed by atoms with Gasteiger partial charge >= 0.3 is 0 Å². The minimum Gasteiger partial charge on any atom is -0.378 e. The molecule has 0 atom stereocenters. The van der Waals surface area contributed by atoms with E-state index in [-0.39, 0.29) is 0 Å². The molecule has 0 radical (unpaired) electrons. The molecule has 140 valence electrons. The maximum Gasteiger partial charge on any atom is 0.227 e. The van der Waals surface area contributed by atoms with E-state index in [2.05, 4.69) is 38.4 Å². The molecule has 1 aromatic heterocycles. The van der Waals surface area contributed by atoms with E-state index < -0.39 is 0 Å². The third-order valence-electron chi connectivity index (χ3n) is 4.48. The van der Waals surface area contributed by atoms with Gasteiger partial charge in [0.2, 0.25) is 5.95 Å². The number of morpholine rings is 1. The van der Waals surface area contributed by atoms with E-state index in [9.17, 15) is 0 Å². The van der Waals surface area contributed by atoms with Gasteiger partial charge in [0.1, 0.15) is 0 Å². The van der Waals surface area contributed by atoms with Crippen LogP contribution in [0.4, 0.5) is 17.3 Å². The molecule has 2 aromatic carbocycles. The number of aromatic nitrogens is 2. The fraction of sp³-hybridized carbons (Fsp3) is 0.190. The first-order valence-corrected chi connectivity index (χ1v) is 9.33. The van der Waals surface area contributed by atoms with Crippen LogP contribution in [0.1, 0.15) is 5.56 Å². The average Bonchev–Trinajstić information content (AvgIpc) is 2.74. The van der Waals surface area contributed by atoms with Gasteiger partial charge in [0.15, 0.2) is 0 Å². The summed E-state index contributed by atoms with van der Waals surface area (Å²) in [6.45, 7) is 3.33. The van der Waals surface area contributed by atoms with Gasteiger partial charge in [-0.05, 0) is 48.5 Å². The standard InChI is InChI=1S/C21H18ClN5O/c22-17-12-15(14-23)11-16(13-17)20-5-6-24-21(26-20)25-18-1-3-19(4-2-18)27-7-9-28-10-8-27/h1-6,11-13H,7-10H2,(H,24,25,26). The number of rotatable bonds is 4. The molecular formula is C21H18ClN5O. The Morgan fingerprint density at radius 2 is 1.86 bits per heavy atom. The summed E-state index contributed by atoms with van der Waals surface area (Å²) in [7, 11) is 0. The number of nitriles is 1. The normalized spacial score (nSPS) is 13.8. The van der Waals surface area contributed by atoms with Crippen LogP contribution in [0.3, 0.4) is 0 Å². The van der Waals surface area contributed by atoms with E-state index >= 15 is 0 Å². The van der Waals surface area contributed by atoms with Gasteiger partial charge in [-0.3, -0.25) is 0 Å². The zero-order valence-electron chi connectivity index (χ0n) is 15.1. The number of anilines is 3. The van der Waals surface area contributed by atoms with Crippen molar-refractivity contribution in [2.45, 2.75) is 0 Å². The quantitative estimate of drug-likeness (QED) is 0.716. The van der Waals surface area contributed by atoms with Crippen LogP contribution < -0.4 is 10.2 Å². The maximum absolute atomic E-state index is 9.14. The second-order valence-corrected chi connectivity index (χ2v) is 6.81. The van der Waals surface area contributed by atoms with E-state index in [1.807, 2.05) is 12.1 Å². The molecule has 0 spiro atoms. The first-order chi connectivity index (χ1) is 13.7. The molecule has 0 bridgehead atoms. The monoisotopic (exact) mass is 391 g/mol. The number of ether oxygens (including phenoxy) is 1. The van der Waals surface area contributed by atoms with E-state index in [0.717, 1.165) is 37.6 Å². The molecule has 1 saturated heterocycles. The molecule has 7 heteroatoms. The molecular weight excluding hydrogens is 374 g/mol. The number of halogens is 1. The summed E-state index contributed by atoms with van der Waals surface area (Å²) in [5.41, 5.74) is 4.04. The Morgan fingerprint density at radius 3 is 2.61 bits per heavy atom. The second kappa shape index (κ2) is 8.26. The van der Waals surface area contributed by atoms with Gasteiger partial charge in [-0.2, -0.15) is 5.26 Å². The Kier molecular flexibility index (Phi) is 5.38. The topological polar surface area (TPSA) is 74.1 Å². The molecule has 0 aliphatic carbocycles. The van der Waals surface area contributed by atoms with E-state index in [1.165, 1.54) is 5.69 Å². The van der Waals surface area contributed by atoms with Gasteiger partial charge in [-0.15, -0.1) is 0 Å². The highest BCUT2D eigenvalue weighted by Crippen LogP contribution is 2.25. The number of hydrogen-bond donors (Lipinski definition) is 1. The Labute approximate surface area is 168 Å². The van der Waals surface area contributed by atoms with Crippen LogP contribution in [-0.2, 0) is 4.74 Å². The highest BCUT2D eigenvalue weighted by Gasteiger charge is 2.11. The van der Waals surface area contributed by atoms with Crippen molar-refractivity contribution in [3.05, 3.63) is 65.3 Å². The second-order valence-electron chi connectivity index (χ2n) is 6.38. The largest absolute Gasteiger partial charge is 0.378 e. The molecule has 1 fully saturated rings. The van der Waals surface area contributed by atoms with Crippen molar-refractivity contribution in [2.24, 2.45) is 0 Å². The van der Waals surface area contributed by atoms with Crippen LogP contribution in [0.25, 0.3) is 11.3 Å². The Balaban J connectivity index is 1.52. The third kappa shape index (κ3) is 4.22. The fourth-order valence-electron chi connectivity index (χ4n) is 3.09. The minimum atomic E-state index is 0.482. The van der Waals surface area contributed by atoms with Crippen LogP contribution in [0.2, 0.25) is 5.02 Å². The lowest BCUT2D eigenvalue weighted by atomic mass is 10.1. The minimum absolute atomic E-state index is 0.482. The Morgan fingerprint density at radius 1 is 1.07 bits per heavy atom. The molecule has 4 rings (SSSR count). The molecule has 1 aliphatic heterocycles. The molecule has 0 saturated carbocycles. The molecule has 3 aromatic rings. The van der Waals surface area contributed by atoms with E-state index in [4.69, 9.17) is 21.6 Å². The van der Waals surface area contributed by atoms with Crippen LogP contribution in [-0.4, -0.2) is 36.3 Å². The molecule has 1 N–H and O–H groups in total. The SMILES string of the molecule is N#Cc1cc(Cl)cc(-c2ccnc(Nc3ccc(N4CCOCC4)cc3)n2)c1. The van der Waals surface area contributed by atoms with Gasteiger partial charge < -0.3 is 15.0 Å². The number of benzene rings is 2. The van der Waals surface area contributed by atoms with Gasteiger partial charge in [0.05, 0.1) is 30.5 Å². The average molecular weight is 392 g/mol. The number of hydrogen-bond acceptors (Lipinski definition) is 6. The van der Waals surface area contributed by atoms with Crippen molar-refractivity contribution in [3.8, 4) is 17.3 Å². The van der Waals surface area contributed by atoms with Crippen LogP contribution in [0.5, 0.6) is 0 Å². The van der Waals surface area contributed by atoms with Crippen molar-refractivity contribution >= 4 is 28.9 Å². The van der Waals surface area contributed by atoms with Crippen molar-refractivity contribution in [2.75, 3.05) is 36.5 Å². The van der Waals surface area contributed by atoms with Gasteiger partial charge in [0.25, 0.3) is 0 Å². The molecule has 0 amide bonds. The third-order valence-corrected chi connectivity index (χ3v) is 4.70. The smallest absolute Gasteiger partial charge is 0.227 e. The van der Waals surface area contributed by atoms with E-state index in [1.54, 1.807) is 30.5 Å². The zero-order chi connectivity index (χ0) is 19.3. The lowest BCUT2D eigenvalue weighted by Crippen LogP contribution is -2.36. The summed E-state index contributed by atoms with van der Waals surface area (Å²) in [6, 6.07) is 17.2. The van der Waals surface area contributed by atoms with Gasteiger partial charge in [-0.1, -0.05) is 11.6 Å². The molecule has 1 aliphatic rings. The summed E-state index contributed by atoms with van der Waals surface area (Å²) in [5, 5.41) is 12.9. The summed E-state index contributed by atoms with van der Waals surface area (Å²) in [5.74, 6) is 0.482. The number of nitrogens with zero attached hydrogens (tertiary/aromatic N) is 4. The van der Waals surface area contributed by atoms with Crippen molar-refractivity contribution in [1.29, 1.82) is 5.26 Å². The maximum atomic E-state index is 9.14. The molecule has 0 unspecified atom stereocenters. The first-order valence-electron chi connectivity index (χ1n) is 8.95. The van der Waals surface area contributed by atoms with Crippen molar-refractivity contribution in [1.82, 2.24) is 9.97 Å². The highest BCUT2D eigenvalue weighted by molar-refractivity contribution is 6.31. The Bertz CT molecular complexity index is 1010. The molecule has 28 heavy (non-hydrogen) atoms. The fourth-order valence-corrected chi connectivity index (χ4v) is 3.32. The molecule has 2 heterocycles. The summed E-state index contributed by atoms with van der Waals surface area (Å²) < 4.78 is 5.40. The van der Waals surface area contributed by atoms with E-state index in [0.29, 0.717) is 22.2 Å². The summed E-state index contributed by atoms with van der Waals surface area (Å²) >= 11 is 6.11. The van der Waals surface area contributed by atoms with Gasteiger partial charge in [0, 0.05) is 41.2 Å². The Hall–Kier alpha value is -3.14. The summed E-state index contributed by atoms with van der Waals surface area (Å²) in [4.78, 5) is 11.1. The predicted molar refractivity (Wildman–Crippen MR) is 110 cm³/mol. The van der Waals surface area contributed by atoms with Crippen LogP contribution in [0.15, 0.2) is 54.7 Å². The van der Waals surface area contributed by atoms with Gasteiger partial charge in [-0.25, -0.2) is 9.97 Å². The zero-order valence-corrected chi connectivity index (χ0v) is 15.9. The summed E-state index contributed by atoms with van der Waals surface area (Å²) in [6.07, 6.45) is 1.68. The van der Waals surface area contributed by atoms with Crippen molar-refractivity contribution < 1.29 is 4.74 Å². The highest BCUT2D eigenvalue weighted by atomic mass is 35.5. The first kappa shape index (κ1) is 18.2.